The molecule has 0 bridgehead atoms. The molecular weight excluding hydrogens is 345 g/mol. The maximum Gasteiger partial charge on any atom is 0.331 e. The first-order chi connectivity index (χ1) is 8.47. The third kappa shape index (κ3) is 5.81. The van der Waals surface area contributed by atoms with Gasteiger partial charge in [0, 0.05) is 15.3 Å². The molecule has 0 unspecified atom stereocenters. The molecule has 0 saturated carbocycles. The molecule has 4 nitrogen and oxygen atoms in total. The van der Waals surface area contributed by atoms with Crippen LogP contribution in [0.3, 0.4) is 0 Å². The van der Waals surface area contributed by atoms with E-state index in [-0.39, 0.29) is 12.5 Å². The summed E-state index contributed by atoms with van der Waals surface area (Å²) in [7, 11) is 0. The molecule has 0 aliphatic heterocycles. The fraction of sp³-hybridized carbons (Fsp3) is 0.231. The molecule has 0 atom stereocenters. The van der Waals surface area contributed by atoms with Gasteiger partial charge in [-0.1, -0.05) is 11.6 Å². The van der Waals surface area contributed by atoms with Crippen LogP contribution >= 0.6 is 22.6 Å². The first-order valence-corrected chi connectivity index (χ1v) is 6.42. The maximum absolute atomic E-state index is 11.5. The summed E-state index contributed by atoms with van der Waals surface area (Å²) in [6, 6.07) is 7.37. The Bertz CT molecular complexity index is 479. The summed E-state index contributed by atoms with van der Waals surface area (Å²) in [6.45, 7) is 3.29. The molecule has 0 aliphatic carbocycles. The fourth-order valence-corrected chi connectivity index (χ4v) is 1.72. The second-order valence-corrected chi connectivity index (χ2v) is 5.13. The Hall–Kier alpha value is -1.37. The Labute approximate surface area is 120 Å². The van der Waals surface area contributed by atoms with Crippen LogP contribution in [-0.4, -0.2) is 18.5 Å². The minimum Gasteiger partial charge on any atom is -0.452 e. The van der Waals surface area contributed by atoms with E-state index in [1.807, 2.05) is 18.2 Å². The van der Waals surface area contributed by atoms with Gasteiger partial charge in [0.1, 0.15) is 0 Å². The van der Waals surface area contributed by atoms with Gasteiger partial charge in [-0.15, -0.1) is 0 Å². The topological polar surface area (TPSA) is 55.4 Å². The molecule has 1 aromatic rings. The van der Waals surface area contributed by atoms with Crippen LogP contribution in [0.25, 0.3) is 0 Å². The molecule has 0 saturated heterocycles. The third-order valence-electron chi connectivity index (χ3n) is 1.86. The van der Waals surface area contributed by atoms with Crippen LogP contribution < -0.4 is 5.32 Å². The first kappa shape index (κ1) is 14.7. The van der Waals surface area contributed by atoms with E-state index >= 15 is 0 Å². The molecule has 18 heavy (non-hydrogen) atoms. The van der Waals surface area contributed by atoms with Crippen molar-refractivity contribution in [1.29, 1.82) is 0 Å². The van der Waals surface area contributed by atoms with Crippen molar-refractivity contribution in [3.05, 3.63) is 39.5 Å². The number of benzene rings is 1. The molecule has 0 fully saturated rings. The molecule has 1 N–H and O–H groups in total. The van der Waals surface area contributed by atoms with E-state index in [1.165, 1.54) is 6.08 Å². The standard InChI is InChI=1S/C13H14INO3/c1-9(2)6-13(17)18-8-12(16)15-11-5-3-4-10(14)7-11/h3-7H,8H2,1-2H3,(H,15,16). The monoisotopic (exact) mass is 359 g/mol. The molecule has 1 rings (SSSR count). The first-order valence-electron chi connectivity index (χ1n) is 5.34. The highest BCUT2D eigenvalue weighted by Crippen LogP contribution is 2.12. The Kier molecular flexibility index (Phi) is 5.84. The van der Waals surface area contributed by atoms with Crippen LogP contribution in [-0.2, 0) is 14.3 Å². The minimum atomic E-state index is -0.507. The lowest BCUT2D eigenvalue weighted by Gasteiger charge is -2.05. The van der Waals surface area contributed by atoms with Crippen LogP contribution in [0.15, 0.2) is 35.9 Å². The maximum atomic E-state index is 11.5. The molecule has 0 spiro atoms. The number of carbonyl (C=O) groups excluding carboxylic acids is 2. The number of ether oxygens (including phenoxy) is 1. The smallest absolute Gasteiger partial charge is 0.331 e. The second kappa shape index (κ2) is 7.15. The predicted molar refractivity (Wildman–Crippen MR) is 78.2 cm³/mol. The van der Waals surface area contributed by atoms with Crippen molar-refractivity contribution in [3.8, 4) is 0 Å². The van der Waals surface area contributed by atoms with E-state index in [0.29, 0.717) is 5.69 Å². The molecule has 0 heterocycles. The zero-order valence-electron chi connectivity index (χ0n) is 10.2. The molecule has 0 radical (unpaired) electrons. The van der Waals surface area contributed by atoms with Gasteiger partial charge in [-0.3, -0.25) is 4.79 Å². The molecule has 0 aliphatic rings. The number of carbonyl (C=O) groups is 2. The Morgan fingerprint density at radius 2 is 2.11 bits per heavy atom. The van der Waals surface area contributed by atoms with Gasteiger partial charge in [-0.25, -0.2) is 4.79 Å². The van der Waals surface area contributed by atoms with Gasteiger partial charge in [-0.2, -0.15) is 0 Å². The number of allylic oxidation sites excluding steroid dienone is 1. The van der Waals surface area contributed by atoms with Gasteiger partial charge >= 0.3 is 5.97 Å². The second-order valence-electron chi connectivity index (χ2n) is 3.89. The van der Waals surface area contributed by atoms with E-state index in [4.69, 9.17) is 4.74 Å². The quantitative estimate of drug-likeness (QED) is 0.511. The fourth-order valence-electron chi connectivity index (χ4n) is 1.18. The average Bonchev–Trinajstić information content (AvgIpc) is 2.25. The highest BCUT2D eigenvalue weighted by Gasteiger charge is 2.05. The van der Waals surface area contributed by atoms with Crippen molar-refractivity contribution in [1.82, 2.24) is 0 Å². The van der Waals surface area contributed by atoms with Crippen LogP contribution in [0, 0.1) is 3.57 Å². The number of amides is 1. The molecule has 1 aromatic carbocycles. The Morgan fingerprint density at radius 3 is 2.72 bits per heavy atom. The summed E-state index contributed by atoms with van der Waals surface area (Å²) in [5.74, 6) is -0.861. The number of nitrogens with one attached hydrogen (secondary N) is 1. The Balaban J connectivity index is 2.43. The van der Waals surface area contributed by atoms with Crippen molar-refractivity contribution in [3.63, 3.8) is 0 Å². The van der Waals surface area contributed by atoms with Gasteiger partial charge in [0.2, 0.25) is 0 Å². The van der Waals surface area contributed by atoms with Crippen LogP contribution in [0.4, 0.5) is 5.69 Å². The molecule has 0 aromatic heterocycles. The summed E-state index contributed by atoms with van der Waals surface area (Å²) in [5, 5.41) is 2.65. The summed E-state index contributed by atoms with van der Waals surface area (Å²) >= 11 is 2.15. The predicted octanol–water partition coefficient (Wildman–Crippen LogP) is 2.74. The van der Waals surface area contributed by atoms with E-state index in [9.17, 15) is 9.59 Å². The summed E-state index contributed by atoms with van der Waals surface area (Å²) < 4.78 is 5.81. The third-order valence-corrected chi connectivity index (χ3v) is 2.53. The van der Waals surface area contributed by atoms with Crippen molar-refractivity contribution >= 4 is 40.2 Å². The van der Waals surface area contributed by atoms with Crippen molar-refractivity contribution in [2.45, 2.75) is 13.8 Å². The van der Waals surface area contributed by atoms with Crippen LogP contribution in [0.1, 0.15) is 13.8 Å². The normalized spacial score (nSPS) is 9.50. The van der Waals surface area contributed by atoms with E-state index < -0.39 is 5.97 Å². The highest BCUT2D eigenvalue weighted by molar-refractivity contribution is 14.1. The Morgan fingerprint density at radius 1 is 1.39 bits per heavy atom. The highest BCUT2D eigenvalue weighted by atomic mass is 127. The van der Waals surface area contributed by atoms with E-state index in [2.05, 4.69) is 27.9 Å². The van der Waals surface area contributed by atoms with Gasteiger partial charge in [0.05, 0.1) is 0 Å². The van der Waals surface area contributed by atoms with Crippen molar-refractivity contribution in [2.75, 3.05) is 11.9 Å². The van der Waals surface area contributed by atoms with E-state index in [1.54, 1.807) is 19.9 Å². The van der Waals surface area contributed by atoms with Crippen molar-refractivity contribution < 1.29 is 14.3 Å². The lowest BCUT2D eigenvalue weighted by molar-refractivity contribution is -0.142. The molecular formula is C13H14INO3. The van der Waals surface area contributed by atoms with Gasteiger partial charge in [0.25, 0.3) is 5.91 Å². The lowest BCUT2D eigenvalue weighted by atomic mass is 10.3. The van der Waals surface area contributed by atoms with Crippen LogP contribution in [0.5, 0.6) is 0 Å². The summed E-state index contributed by atoms with van der Waals surface area (Å²) in [4.78, 5) is 22.7. The SMILES string of the molecule is CC(C)=CC(=O)OCC(=O)Nc1cccc(I)c1. The molecule has 5 heteroatoms. The number of halogens is 1. The lowest BCUT2D eigenvalue weighted by Crippen LogP contribution is -2.20. The van der Waals surface area contributed by atoms with Crippen LogP contribution in [0.2, 0.25) is 0 Å². The van der Waals surface area contributed by atoms with Gasteiger partial charge in [0.15, 0.2) is 6.61 Å². The minimum absolute atomic E-state index is 0.284. The van der Waals surface area contributed by atoms with Gasteiger partial charge in [-0.05, 0) is 54.6 Å². The zero-order valence-corrected chi connectivity index (χ0v) is 12.4. The number of esters is 1. The largest absolute Gasteiger partial charge is 0.452 e. The van der Waals surface area contributed by atoms with Gasteiger partial charge < -0.3 is 10.1 Å². The zero-order chi connectivity index (χ0) is 13.5. The average molecular weight is 359 g/mol. The summed E-state index contributed by atoms with van der Waals surface area (Å²) in [6.07, 6.45) is 1.35. The summed E-state index contributed by atoms with van der Waals surface area (Å²) in [5.41, 5.74) is 1.52. The van der Waals surface area contributed by atoms with Crippen molar-refractivity contribution in [2.24, 2.45) is 0 Å². The number of hydrogen-bond acceptors (Lipinski definition) is 3. The number of anilines is 1. The van der Waals surface area contributed by atoms with E-state index in [0.717, 1.165) is 9.14 Å². The number of hydrogen-bond donors (Lipinski definition) is 1. The number of rotatable bonds is 4. The molecule has 96 valence electrons. The molecule has 1 amide bonds.